The summed E-state index contributed by atoms with van der Waals surface area (Å²) in [5.41, 5.74) is 15.5. The minimum atomic E-state index is 0.628. The first-order valence-corrected chi connectivity index (χ1v) is 26.6. The molecule has 6 nitrogen and oxygen atoms in total. The van der Waals surface area contributed by atoms with E-state index in [9.17, 15) is 0 Å². The molecule has 0 radical (unpaired) electrons. The van der Waals surface area contributed by atoms with Crippen molar-refractivity contribution in [2.24, 2.45) is 0 Å². The van der Waals surface area contributed by atoms with E-state index in [1.165, 1.54) is 10.8 Å². The summed E-state index contributed by atoms with van der Waals surface area (Å²) < 4.78 is 14.2. The zero-order chi connectivity index (χ0) is 50.8. The van der Waals surface area contributed by atoms with Gasteiger partial charge in [0.15, 0.2) is 10.7 Å². The fourth-order valence-electron chi connectivity index (χ4n) is 11.0. The van der Waals surface area contributed by atoms with Gasteiger partial charge in [-0.25, -0.2) is 9.97 Å². The lowest BCUT2D eigenvalue weighted by Gasteiger charge is -2.27. The molecule has 4 aromatic heterocycles. The summed E-state index contributed by atoms with van der Waals surface area (Å²) in [5.74, 6) is 0.628. The number of rotatable bonds is 10. The van der Waals surface area contributed by atoms with Gasteiger partial charge in [0.25, 0.3) is 0 Å². The second kappa shape index (κ2) is 18.4. The van der Waals surface area contributed by atoms with Crippen LogP contribution in [0.1, 0.15) is 0 Å². The van der Waals surface area contributed by atoms with E-state index in [4.69, 9.17) is 18.8 Å². The number of hydrogen-bond donors (Lipinski definition) is 0. The molecule has 0 spiro atoms. The Bertz CT molecular complexity index is 4650. The Kier molecular flexibility index (Phi) is 10.6. The Balaban J connectivity index is 0.914. The van der Waals surface area contributed by atoms with E-state index in [0.29, 0.717) is 5.82 Å². The van der Waals surface area contributed by atoms with Gasteiger partial charge in [-0.1, -0.05) is 169 Å². The van der Waals surface area contributed by atoms with E-state index in [-0.39, 0.29) is 0 Å². The van der Waals surface area contributed by atoms with Crippen molar-refractivity contribution >= 4 is 110 Å². The van der Waals surface area contributed by atoms with Crippen LogP contribution in [0.3, 0.4) is 0 Å². The normalized spacial score (nSPS) is 11.6. The monoisotopic (exact) mass is 1000 g/mol. The largest absolute Gasteiger partial charge is 0.456 e. The molecule has 7 heteroatoms. The average Bonchev–Trinajstić information content (AvgIpc) is 4.19. The Morgan fingerprint density at radius 1 is 0.299 bits per heavy atom. The van der Waals surface area contributed by atoms with E-state index in [1.807, 2.05) is 24.3 Å². The minimum absolute atomic E-state index is 0.628. The average molecular weight is 1010 g/mol. The Labute approximate surface area is 447 Å². The SMILES string of the molecule is c1ccc(-c2cc(-c3ccccc3)nc(-c3cc(-c4ccc5c(c4)sc4oc6ccc(N(c7ccccc7)c7ccc8ccccc8c7)cc6c45)cc(N(c4ccccc4)c4ccc5oc6ccccc6c5c4)c3)n2)cc1. The second-order valence-corrected chi connectivity index (χ2v) is 20.4. The van der Waals surface area contributed by atoms with Gasteiger partial charge in [-0.15, -0.1) is 0 Å². The molecule has 0 amide bonds. The third-order valence-corrected chi connectivity index (χ3v) is 15.7. The van der Waals surface area contributed by atoms with E-state index < -0.39 is 0 Å². The molecule has 15 aromatic rings. The zero-order valence-corrected chi connectivity index (χ0v) is 42.2. The summed E-state index contributed by atoms with van der Waals surface area (Å²) in [6.45, 7) is 0. The van der Waals surface area contributed by atoms with Crippen molar-refractivity contribution in [1.29, 1.82) is 0 Å². The molecule has 0 atom stereocenters. The van der Waals surface area contributed by atoms with E-state index in [2.05, 4.69) is 252 Å². The molecular formula is C70H44N4O2S. The molecule has 11 aromatic carbocycles. The van der Waals surface area contributed by atoms with Gasteiger partial charge in [-0.05, 0) is 131 Å². The number of para-hydroxylation sites is 3. The van der Waals surface area contributed by atoms with E-state index in [1.54, 1.807) is 11.3 Å². The molecule has 0 saturated heterocycles. The lowest BCUT2D eigenvalue weighted by atomic mass is 9.98. The standard InChI is InChI=1S/C70H44N4O2S/c1-5-18-46(19-6-1)62-44-63(47-20-7-2-8-21-47)72-69(71-62)51-37-50(39-57(40-51)74(53-25-11-4-12-26-53)55-32-35-65-60(42-55)58-27-15-16-28-64(58)75-65)49-30-34-59-67(41-49)77-70-68(59)61-43-56(33-36-66(61)76-70)73(52-23-9-3-10-24-52)54-31-29-45-17-13-14-22-48(45)38-54/h1-44H. The van der Waals surface area contributed by atoms with Crippen molar-refractivity contribution in [3.63, 3.8) is 0 Å². The molecule has 0 bridgehead atoms. The van der Waals surface area contributed by atoms with Crippen LogP contribution in [0.15, 0.2) is 276 Å². The number of thiophene rings is 1. The van der Waals surface area contributed by atoms with Crippen molar-refractivity contribution in [3.8, 4) is 45.0 Å². The van der Waals surface area contributed by atoms with Gasteiger partial charge in [-0.2, -0.15) is 0 Å². The van der Waals surface area contributed by atoms with Crippen molar-refractivity contribution in [2.45, 2.75) is 0 Å². The number of nitrogens with zero attached hydrogens (tertiary/aromatic N) is 4. The highest BCUT2D eigenvalue weighted by atomic mass is 32.1. The van der Waals surface area contributed by atoms with E-state index in [0.717, 1.165) is 127 Å². The van der Waals surface area contributed by atoms with E-state index >= 15 is 0 Å². The third-order valence-electron chi connectivity index (χ3n) is 14.6. The van der Waals surface area contributed by atoms with Crippen molar-refractivity contribution < 1.29 is 8.83 Å². The van der Waals surface area contributed by atoms with Crippen LogP contribution >= 0.6 is 11.3 Å². The van der Waals surface area contributed by atoms with Crippen LogP contribution in [0, 0.1) is 0 Å². The van der Waals surface area contributed by atoms with Gasteiger partial charge in [0.1, 0.15) is 16.7 Å². The zero-order valence-electron chi connectivity index (χ0n) is 41.4. The van der Waals surface area contributed by atoms with Crippen LogP contribution in [0.25, 0.3) is 109 Å². The van der Waals surface area contributed by atoms with Crippen LogP contribution in [0.5, 0.6) is 0 Å². The van der Waals surface area contributed by atoms with Gasteiger partial charge in [0, 0.05) is 82.4 Å². The van der Waals surface area contributed by atoms with Crippen LogP contribution < -0.4 is 9.80 Å². The number of fused-ring (bicyclic) bond motifs is 9. The number of furan rings is 2. The predicted molar refractivity (Wildman–Crippen MR) is 321 cm³/mol. The summed E-state index contributed by atoms with van der Waals surface area (Å²) in [5, 5.41) is 7.87. The van der Waals surface area contributed by atoms with Gasteiger partial charge in [0.2, 0.25) is 0 Å². The number of benzene rings is 11. The molecule has 0 N–H and O–H groups in total. The first-order chi connectivity index (χ1) is 38.1. The smallest absolute Gasteiger partial charge is 0.190 e. The number of aromatic nitrogens is 2. The molecular weight excluding hydrogens is 961 g/mol. The highest BCUT2D eigenvalue weighted by molar-refractivity contribution is 7.25. The highest BCUT2D eigenvalue weighted by Crippen LogP contribution is 2.47. The quantitative estimate of drug-likeness (QED) is 0.136. The molecule has 0 aliphatic heterocycles. The Morgan fingerprint density at radius 3 is 1.55 bits per heavy atom. The van der Waals surface area contributed by atoms with Crippen LogP contribution in [-0.2, 0) is 0 Å². The van der Waals surface area contributed by atoms with Crippen LogP contribution in [-0.4, -0.2) is 9.97 Å². The molecule has 77 heavy (non-hydrogen) atoms. The summed E-state index contributed by atoms with van der Waals surface area (Å²) >= 11 is 1.69. The fourth-order valence-corrected chi connectivity index (χ4v) is 12.1. The summed E-state index contributed by atoms with van der Waals surface area (Å²) in [7, 11) is 0. The number of anilines is 6. The Hall–Kier alpha value is -10.1. The molecule has 0 aliphatic rings. The lowest BCUT2D eigenvalue weighted by molar-refractivity contribution is 0.669. The van der Waals surface area contributed by atoms with Crippen LogP contribution in [0.2, 0.25) is 0 Å². The molecule has 0 saturated carbocycles. The van der Waals surface area contributed by atoms with Gasteiger partial charge in [-0.3, -0.25) is 0 Å². The minimum Gasteiger partial charge on any atom is -0.456 e. The molecule has 4 heterocycles. The first-order valence-electron chi connectivity index (χ1n) is 25.8. The van der Waals surface area contributed by atoms with Gasteiger partial charge < -0.3 is 18.6 Å². The summed E-state index contributed by atoms with van der Waals surface area (Å²) in [4.78, 5) is 16.3. The molecule has 0 fully saturated rings. The fraction of sp³-hybridized carbons (Fsp3) is 0. The van der Waals surface area contributed by atoms with Crippen LogP contribution in [0.4, 0.5) is 34.1 Å². The maximum atomic E-state index is 6.73. The van der Waals surface area contributed by atoms with Crippen molar-refractivity contribution in [2.75, 3.05) is 9.80 Å². The molecule has 362 valence electrons. The Morgan fingerprint density at radius 2 is 0.844 bits per heavy atom. The maximum Gasteiger partial charge on any atom is 0.190 e. The first kappa shape index (κ1) is 44.4. The summed E-state index contributed by atoms with van der Waals surface area (Å²) in [6, 6.07) is 94.0. The molecule has 15 rings (SSSR count). The highest BCUT2D eigenvalue weighted by Gasteiger charge is 2.22. The topological polar surface area (TPSA) is 58.5 Å². The molecule has 0 unspecified atom stereocenters. The third kappa shape index (κ3) is 7.96. The lowest BCUT2D eigenvalue weighted by Crippen LogP contribution is -2.10. The van der Waals surface area contributed by atoms with Gasteiger partial charge >= 0.3 is 0 Å². The van der Waals surface area contributed by atoms with Crippen molar-refractivity contribution in [1.82, 2.24) is 9.97 Å². The molecule has 0 aliphatic carbocycles. The van der Waals surface area contributed by atoms with Gasteiger partial charge in [0.05, 0.1) is 11.4 Å². The summed E-state index contributed by atoms with van der Waals surface area (Å²) in [6.07, 6.45) is 0. The maximum absolute atomic E-state index is 6.73. The predicted octanol–water partition coefficient (Wildman–Crippen LogP) is 20.3. The van der Waals surface area contributed by atoms with Crippen molar-refractivity contribution in [3.05, 3.63) is 267 Å². The second-order valence-electron chi connectivity index (χ2n) is 19.4. The number of hydrogen-bond acceptors (Lipinski definition) is 7.